The standard InChI is InChI=1S/C19H16Cl2N2O5S2/c1-28-18-9-8-17(29(24,25)22-15-6-2-4-13(20)10-15)12-19(18)30(26,27)23-16-7-3-5-14(21)11-16/h2-12,22-23H,1H3. The van der Waals surface area contributed by atoms with E-state index in [0.717, 1.165) is 6.07 Å². The Bertz CT molecular complexity index is 1300. The van der Waals surface area contributed by atoms with Crippen molar-refractivity contribution in [2.24, 2.45) is 0 Å². The molecule has 0 unspecified atom stereocenters. The summed E-state index contributed by atoms with van der Waals surface area (Å²) in [5.41, 5.74) is 0.453. The second kappa shape index (κ2) is 8.73. The van der Waals surface area contributed by atoms with Gasteiger partial charge in [-0.05, 0) is 54.6 Å². The van der Waals surface area contributed by atoms with Gasteiger partial charge in [0.15, 0.2) is 0 Å². The van der Waals surface area contributed by atoms with Crippen molar-refractivity contribution >= 4 is 54.6 Å². The van der Waals surface area contributed by atoms with E-state index < -0.39 is 20.0 Å². The van der Waals surface area contributed by atoms with E-state index in [-0.39, 0.29) is 26.9 Å². The zero-order chi connectivity index (χ0) is 21.9. The molecule has 0 amide bonds. The van der Waals surface area contributed by atoms with Crippen LogP contribution in [0, 0.1) is 0 Å². The minimum Gasteiger partial charge on any atom is -0.495 e. The maximum absolute atomic E-state index is 12.9. The average Bonchev–Trinajstić information content (AvgIpc) is 2.67. The lowest BCUT2D eigenvalue weighted by molar-refractivity contribution is 0.402. The number of benzene rings is 3. The molecule has 3 aromatic rings. The summed E-state index contributed by atoms with van der Waals surface area (Å²) in [6.45, 7) is 0. The molecular formula is C19H16Cl2N2O5S2. The van der Waals surface area contributed by atoms with Crippen molar-refractivity contribution in [1.29, 1.82) is 0 Å². The summed E-state index contributed by atoms with van der Waals surface area (Å²) in [6.07, 6.45) is 0. The second-order valence-corrected chi connectivity index (χ2v) is 10.3. The molecule has 0 radical (unpaired) electrons. The molecule has 0 saturated carbocycles. The minimum atomic E-state index is -4.18. The van der Waals surface area contributed by atoms with E-state index in [2.05, 4.69) is 9.44 Å². The first-order chi connectivity index (χ1) is 14.1. The van der Waals surface area contributed by atoms with Gasteiger partial charge < -0.3 is 4.74 Å². The molecule has 2 N–H and O–H groups in total. The number of ether oxygens (including phenoxy) is 1. The van der Waals surface area contributed by atoms with Crippen molar-refractivity contribution in [1.82, 2.24) is 0 Å². The fourth-order valence-electron chi connectivity index (χ4n) is 2.56. The molecule has 0 heterocycles. The van der Waals surface area contributed by atoms with Gasteiger partial charge in [-0.1, -0.05) is 35.3 Å². The van der Waals surface area contributed by atoms with E-state index >= 15 is 0 Å². The zero-order valence-corrected chi connectivity index (χ0v) is 18.6. The van der Waals surface area contributed by atoms with E-state index in [9.17, 15) is 16.8 Å². The SMILES string of the molecule is COc1ccc(S(=O)(=O)Nc2cccc(Cl)c2)cc1S(=O)(=O)Nc1cccc(Cl)c1. The van der Waals surface area contributed by atoms with E-state index in [1.165, 1.54) is 43.5 Å². The molecule has 0 aliphatic rings. The van der Waals surface area contributed by atoms with Crippen LogP contribution in [0.1, 0.15) is 0 Å². The molecule has 158 valence electrons. The van der Waals surface area contributed by atoms with Crippen LogP contribution in [0.4, 0.5) is 11.4 Å². The number of methoxy groups -OCH3 is 1. The normalized spacial score (nSPS) is 11.7. The summed E-state index contributed by atoms with van der Waals surface area (Å²) in [6, 6.07) is 15.7. The predicted octanol–water partition coefficient (Wildman–Crippen LogP) is 4.60. The molecule has 0 aliphatic carbocycles. The van der Waals surface area contributed by atoms with Gasteiger partial charge >= 0.3 is 0 Å². The van der Waals surface area contributed by atoms with Gasteiger partial charge in [0.25, 0.3) is 20.0 Å². The van der Waals surface area contributed by atoms with E-state index in [0.29, 0.717) is 10.0 Å². The number of sulfonamides is 2. The van der Waals surface area contributed by atoms with Gasteiger partial charge in [-0.15, -0.1) is 0 Å². The molecule has 30 heavy (non-hydrogen) atoms. The van der Waals surface area contributed by atoms with E-state index in [1.807, 2.05) is 0 Å². The number of nitrogens with one attached hydrogen (secondary N) is 2. The number of anilines is 2. The Kier molecular flexibility index (Phi) is 6.47. The second-order valence-electron chi connectivity index (χ2n) is 6.04. The largest absolute Gasteiger partial charge is 0.495 e. The number of hydrogen-bond acceptors (Lipinski definition) is 5. The van der Waals surface area contributed by atoms with Crippen LogP contribution >= 0.6 is 23.2 Å². The quantitative estimate of drug-likeness (QED) is 0.507. The maximum atomic E-state index is 12.9. The lowest BCUT2D eigenvalue weighted by Gasteiger charge is -2.14. The van der Waals surface area contributed by atoms with Gasteiger partial charge in [0.05, 0.1) is 23.4 Å². The molecule has 11 heteroatoms. The van der Waals surface area contributed by atoms with Crippen molar-refractivity contribution < 1.29 is 21.6 Å². The Balaban J connectivity index is 2.00. The molecule has 3 rings (SSSR count). The summed E-state index contributed by atoms with van der Waals surface area (Å²) >= 11 is 11.8. The summed E-state index contributed by atoms with van der Waals surface area (Å²) in [7, 11) is -6.99. The summed E-state index contributed by atoms with van der Waals surface area (Å²) in [4.78, 5) is -0.617. The van der Waals surface area contributed by atoms with Crippen LogP contribution in [0.2, 0.25) is 10.0 Å². The van der Waals surface area contributed by atoms with Crippen molar-refractivity contribution in [3.05, 3.63) is 76.8 Å². The van der Waals surface area contributed by atoms with Gasteiger partial charge in [0, 0.05) is 10.0 Å². The van der Waals surface area contributed by atoms with E-state index in [4.69, 9.17) is 27.9 Å². The third-order valence-electron chi connectivity index (χ3n) is 3.89. The Morgan fingerprint density at radius 1 is 0.733 bits per heavy atom. The Hall–Kier alpha value is -2.46. The highest BCUT2D eigenvalue weighted by Crippen LogP contribution is 2.30. The molecule has 7 nitrogen and oxygen atoms in total. The first-order valence-corrected chi connectivity index (χ1v) is 12.1. The number of halogens is 2. The summed E-state index contributed by atoms with van der Waals surface area (Å²) in [5, 5.41) is 0.683. The van der Waals surface area contributed by atoms with Gasteiger partial charge in [-0.2, -0.15) is 0 Å². The van der Waals surface area contributed by atoms with Gasteiger partial charge in [0.1, 0.15) is 10.6 Å². The molecule has 0 atom stereocenters. The molecule has 0 aliphatic heterocycles. The van der Waals surface area contributed by atoms with Crippen LogP contribution in [0.3, 0.4) is 0 Å². The molecule has 3 aromatic carbocycles. The molecule has 0 fully saturated rings. The van der Waals surface area contributed by atoms with Crippen molar-refractivity contribution in [2.45, 2.75) is 9.79 Å². The van der Waals surface area contributed by atoms with Crippen LogP contribution in [-0.4, -0.2) is 23.9 Å². The molecule has 0 spiro atoms. The zero-order valence-electron chi connectivity index (χ0n) is 15.5. The monoisotopic (exact) mass is 486 g/mol. The maximum Gasteiger partial charge on any atom is 0.265 e. The fourth-order valence-corrected chi connectivity index (χ4v) is 5.34. The van der Waals surface area contributed by atoms with Crippen molar-refractivity contribution in [2.75, 3.05) is 16.6 Å². The van der Waals surface area contributed by atoms with Crippen LogP contribution in [0.5, 0.6) is 5.75 Å². The third kappa shape index (κ3) is 5.17. The molecular weight excluding hydrogens is 471 g/mol. The van der Waals surface area contributed by atoms with Crippen molar-refractivity contribution in [3.63, 3.8) is 0 Å². The minimum absolute atomic E-state index is 0.0220. The lowest BCUT2D eigenvalue weighted by Crippen LogP contribution is -2.17. The van der Waals surface area contributed by atoms with Crippen LogP contribution < -0.4 is 14.2 Å². The highest BCUT2D eigenvalue weighted by Gasteiger charge is 2.24. The predicted molar refractivity (Wildman–Crippen MR) is 118 cm³/mol. The van der Waals surface area contributed by atoms with Crippen LogP contribution in [-0.2, 0) is 20.0 Å². The first-order valence-electron chi connectivity index (χ1n) is 8.35. The number of hydrogen-bond donors (Lipinski definition) is 2. The highest BCUT2D eigenvalue weighted by atomic mass is 35.5. The fraction of sp³-hybridized carbons (Fsp3) is 0.0526. The van der Waals surface area contributed by atoms with Gasteiger partial charge in [-0.25, -0.2) is 16.8 Å². The van der Waals surface area contributed by atoms with Crippen molar-refractivity contribution in [3.8, 4) is 5.75 Å². The Morgan fingerprint density at radius 2 is 1.27 bits per heavy atom. The smallest absolute Gasteiger partial charge is 0.265 e. The Labute approximate surface area is 184 Å². The number of rotatable bonds is 7. The van der Waals surface area contributed by atoms with Crippen LogP contribution in [0.15, 0.2) is 76.5 Å². The lowest BCUT2D eigenvalue weighted by atomic mass is 10.3. The van der Waals surface area contributed by atoms with E-state index in [1.54, 1.807) is 24.3 Å². The first kappa shape index (κ1) is 22.2. The summed E-state index contributed by atoms with van der Waals surface area (Å²) in [5.74, 6) is -0.0220. The average molecular weight is 487 g/mol. The molecule has 0 bridgehead atoms. The summed E-state index contributed by atoms with van der Waals surface area (Å²) < 4.78 is 61.2. The van der Waals surface area contributed by atoms with Gasteiger partial charge in [-0.3, -0.25) is 9.44 Å². The molecule has 0 saturated heterocycles. The molecule has 0 aromatic heterocycles. The highest BCUT2D eigenvalue weighted by molar-refractivity contribution is 7.93. The van der Waals surface area contributed by atoms with Crippen LogP contribution in [0.25, 0.3) is 0 Å². The topological polar surface area (TPSA) is 102 Å². The van der Waals surface area contributed by atoms with Gasteiger partial charge in [0.2, 0.25) is 0 Å². The third-order valence-corrected chi connectivity index (χ3v) is 7.14. The Morgan fingerprint density at radius 3 is 1.77 bits per heavy atom.